The van der Waals surface area contributed by atoms with Crippen molar-refractivity contribution in [3.8, 4) is 0 Å². The number of benzene rings is 1. The van der Waals surface area contributed by atoms with E-state index in [1.165, 1.54) is 0 Å². The SMILES string of the molecule is CCCn1ccnc1C(NN)c1cc(Cl)cc(Br)c1. The fourth-order valence-corrected chi connectivity index (χ4v) is 2.96. The number of nitrogens with zero attached hydrogens (tertiary/aromatic N) is 2. The van der Waals surface area contributed by atoms with Gasteiger partial charge in [0.2, 0.25) is 0 Å². The summed E-state index contributed by atoms with van der Waals surface area (Å²) in [5, 5.41) is 0.665. The van der Waals surface area contributed by atoms with Gasteiger partial charge >= 0.3 is 0 Å². The van der Waals surface area contributed by atoms with Gasteiger partial charge in [0.15, 0.2) is 0 Å². The molecule has 0 aliphatic carbocycles. The lowest BCUT2D eigenvalue weighted by Crippen LogP contribution is -2.31. The van der Waals surface area contributed by atoms with Crippen molar-refractivity contribution in [3.63, 3.8) is 0 Å². The molecule has 0 radical (unpaired) electrons. The summed E-state index contributed by atoms with van der Waals surface area (Å²) in [5.74, 6) is 6.59. The maximum atomic E-state index is 6.09. The van der Waals surface area contributed by atoms with E-state index in [4.69, 9.17) is 17.4 Å². The van der Waals surface area contributed by atoms with Crippen molar-refractivity contribution in [2.45, 2.75) is 25.9 Å². The van der Waals surface area contributed by atoms with Crippen LogP contribution in [0.25, 0.3) is 0 Å². The molecule has 0 saturated carbocycles. The van der Waals surface area contributed by atoms with Gasteiger partial charge in [-0.2, -0.15) is 0 Å². The van der Waals surface area contributed by atoms with Crippen molar-refractivity contribution in [2.24, 2.45) is 5.84 Å². The third-order valence-corrected chi connectivity index (χ3v) is 3.53. The van der Waals surface area contributed by atoms with Crippen molar-refractivity contribution in [3.05, 3.63) is 51.5 Å². The molecule has 0 amide bonds. The number of aryl methyl sites for hydroxylation is 1. The van der Waals surface area contributed by atoms with E-state index in [2.05, 4.69) is 37.8 Å². The smallest absolute Gasteiger partial charge is 0.131 e. The molecule has 0 aliphatic rings. The quantitative estimate of drug-likeness (QED) is 0.647. The van der Waals surface area contributed by atoms with E-state index in [0.29, 0.717) is 5.02 Å². The minimum absolute atomic E-state index is 0.184. The average Bonchev–Trinajstić information content (AvgIpc) is 2.78. The molecule has 1 atom stereocenters. The molecule has 0 bridgehead atoms. The topological polar surface area (TPSA) is 55.9 Å². The van der Waals surface area contributed by atoms with Crippen LogP contribution in [0.3, 0.4) is 0 Å². The molecule has 0 fully saturated rings. The number of nitrogens with two attached hydrogens (primary N) is 1. The summed E-state index contributed by atoms with van der Waals surface area (Å²) in [6, 6.07) is 5.54. The maximum Gasteiger partial charge on any atom is 0.131 e. The van der Waals surface area contributed by atoms with Gasteiger partial charge in [-0.3, -0.25) is 5.84 Å². The van der Waals surface area contributed by atoms with Gasteiger partial charge < -0.3 is 4.57 Å². The van der Waals surface area contributed by atoms with Crippen molar-refractivity contribution < 1.29 is 0 Å². The summed E-state index contributed by atoms with van der Waals surface area (Å²) in [7, 11) is 0. The van der Waals surface area contributed by atoms with Crippen LogP contribution in [0.1, 0.15) is 30.8 Å². The van der Waals surface area contributed by atoms with Crippen LogP contribution in [-0.2, 0) is 6.54 Å². The highest BCUT2D eigenvalue weighted by Gasteiger charge is 2.18. The predicted molar refractivity (Wildman–Crippen MR) is 80.8 cm³/mol. The minimum atomic E-state index is -0.184. The fourth-order valence-electron chi connectivity index (χ4n) is 2.07. The molecule has 0 spiro atoms. The molecule has 1 heterocycles. The highest BCUT2D eigenvalue weighted by molar-refractivity contribution is 9.10. The average molecular weight is 344 g/mol. The number of hydrogen-bond acceptors (Lipinski definition) is 3. The van der Waals surface area contributed by atoms with Crippen LogP contribution in [0.2, 0.25) is 5.02 Å². The van der Waals surface area contributed by atoms with Gasteiger partial charge in [0.25, 0.3) is 0 Å². The van der Waals surface area contributed by atoms with Gasteiger partial charge in [-0.25, -0.2) is 10.4 Å². The third kappa shape index (κ3) is 3.36. The second-order valence-electron chi connectivity index (χ2n) is 4.28. The predicted octanol–water partition coefficient (Wildman–Crippen LogP) is 3.26. The third-order valence-electron chi connectivity index (χ3n) is 2.86. The summed E-state index contributed by atoms with van der Waals surface area (Å²) in [6.45, 7) is 3.04. The lowest BCUT2D eigenvalue weighted by Gasteiger charge is -2.18. The zero-order chi connectivity index (χ0) is 13.8. The van der Waals surface area contributed by atoms with Crippen LogP contribution in [0, 0.1) is 0 Å². The summed E-state index contributed by atoms with van der Waals surface area (Å²) < 4.78 is 3.02. The Labute approximate surface area is 126 Å². The molecule has 6 heteroatoms. The van der Waals surface area contributed by atoms with Gasteiger partial charge in [0.1, 0.15) is 11.9 Å². The number of hydrazine groups is 1. The number of imidazole rings is 1. The van der Waals surface area contributed by atoms with Gasteiger partial charge in [-0.05, 0) is 30.2 Å². The zero-order valence-electron chi connectivity index (χ0n) is 10.6. The number of hydrogen-bond donors (Lipinski definition) is 2. The first kappa shape index (κ1) is 14.5. The number of halogens is 2. The van der Waals surface area contributed by atoms with Gasteiger partial charge in [-0.1, -0.05) is 34.5 Å². The Morgan fingerprint density at radius 2 is 2.26 bits per heavy atom. The molecular formula is C13H16BrClN4. The second-order valence-corrected chi connectivity index (χ2v) is 5.63. The molecule has 0 saturated heterocycles. The Bertz CT molecular complexity index is 535. The van der Waals surface area contributed by atoms with Crippen LogP contribution in [-0.4, -0.2) is 9.55 Å². The number of rotatable bonds is 5. The Kier molecular flexibility index (Phi) is 4.99. The first-order valence-electron chi connectivity index (χ1n) is 6.08. The normalized spacial score (nSPS) is 12.6. The Morgan fingerprint density at radius 3 is 2.89 bits per heavy atom. The Hall–Kier alpha value is -0.880. The van der Waals surface area contributed by atoms with Gasteiger partial charge in [0.05, 0.1) is 0 Å². The van der Waals surface area contributed by atoms with E-state index in [0.717, 1.165) is 28.8 Å². The largest absolute Gasteiger partial charge is 0.333 e. The first-order valence-corrected chi connectivity index (χ1v) is 7.26. The van der Waals surface area contributed by atoms with Crippen molar-refractivity contribution in [1.82, 2.24) is 15.0 Å². The standard InChI is InChI=1S/C13H16BrClN4/c1-2-4-19-5-3-17-13(19)12(18-16)9-6-10(14)8-11(15)7-9/h3,5-8,12,18H,2,4,16H2,1H3. The lowest BCUT2D eigenvalue weighted by atomic mass is 10.1. The molecule has 3 N–H and O–H groups in total. The van der Waals surface area contributed by atoms with E-state index >= 15 is 0 Å². The summed E-state index contributed by atoms with van der Waals surface area (Å²) >= 11 is 9.53. The lowest BCUT2D eigenvalue weighted by molar-refractivity contribution is 0.545. The molecular weight excluding hydrogens is 328 g/mol. The molecule has 1 aromatic carbocycles. The summed E-state index contributed by atoms with van der Waals surface area (Å²) in [5.41, 5.74) is 3.79. The molecule has 1 aromatic heterocycles. The number of aromatic nitrogens is 2. The fraction of sp³-hybridized carbons (Fsp3) is 0.308. The van der Waals surface area contributed by atoms with Crippen LogP contribution in [0.15, 0.2) is 35.1 Å². The molecule has 2 rings (SSSR count). The second kappa shape index (κ2) is 6.52. The molecule has 1 unspecified atom stereocenters. The molecule has 4 nitrogen and oxygen atoms in total. The Balaban J connectivity index is 2.40. The monoisotopic (exact) mass is 342 g/mol. The van der Waals surface area contributed by atoms with Crippen LogP contribution < -0.4 is 11.3 Å². The van der Waals surface area contributed by atoms with E-state index < -0.39 is 0 Å². The van der Waals surface area contributed by atoms with E-state index in [1.54, 1.807) is 6.20 Å². The first-order chi connectivity index (χ1) is 9.15. The molecule has 19 heavy (non-hydrogen) atoms. The number of nitrogens with one attached hydrogen (secondary N) is 1. The van der Waals surface area contributed by atoms with E-state index in [1.807, 2.05) is 24.4 Å². The van der Waals surface area contributed by atoms with Crippen molar-refractivity contribution in [2.75, 3.05) is 0 Å². The zero-order valence-corrected chi connectivity index (χ0v) is 12.9. The van der Waals surface area contributed by atoms with Crippen molar-refractivity contribution >= 4 is 27.5 Å². The minimum Gasteiger partial charge on any atom is -0.333 e. The van der Waals surface area contributed by atoms with Crippen LogP contribution in [0.5, 0.6) is 0 Å². The molecule has 2 aromatic rings. The van der Waals surface area contributed by atoms with Crippen LogP contribution in [0.4, 0.5) is 0 Å². The molecule has 0 aliphatic heterocycles. The summed E-state index contributed by atoms with van der Waals surface area (Å²) in [6.07, 6.45) is 4.79. The maximum absolute atomic E-state index is 6.09. The van der Waals surface area contributed by atoms with E-state index in [9.17, 15) is 0 Å². The van der Waals surface area contributed by atoms with Crippen LogP contribution >= 0.6 is 27.5 Å². The Morgan fingerprint density at radius 1 is 1.47 bits per heavy atom. The van der Waals surface area contributed by atoms with Gasteiger partial charge in [-0.15, -0.1) is 0 Å². The molecule has 102 valence electrons. The highest BCUT2D eigenvalue weighted by atomic mass is 79.9. The van der Waals surface area contributed by atoms with E-state index in [-0.39, 0.29) is 6.04 Å². The highest BCUT2D eigenvalue weighted by Crippen LogP contribution is 2.27. The van der Waals surface area contributed by atoms with Crippen molar-refractivity contribution in [1.29, 1.82) is 0 Å². The van der Waals surface area contributed by atoms with Gasteiger partial charge in [0, 0.05) is 28.4 Å². The summed E-state index contributed by atoms with van der Waals surface area (Å²) in [4.78, 5) is 4.40.